The summed E-state index contributed by atoms with van der Waals surface area (Å²) in [6, 6.07) is 4.35. The van der Waals surface area contributed by atoms with Crippen LogP contribution in [0.2, 0.25) is 51.4 Å². The molecule has 0 amide bonds. The normalized spacial score (nSPS) is 18.1. The SMILES string of the molecule is Cn1cc(-c2cnn3c(N(COCC[Si](C)(C)C)COCC[Si](C)(C)C)cc(C4CCC(CC(=O)O)CC4)nc23)cn1. The second-order valence-electron chi connectivity index (χ2n) is 14.3. The third-order valence-corrected chi connectivity index (χ3v) is 11.4. The summed E-state index contributed by atoms with van der Waals surface area (Å²) in [5.74, 6) is 0.690. The molecule has 3 aromatic heterocycles. The number of rotatable bonds is 15. The van der Waals surface area contributed by atoms with Gasteiger partial charge >= 0.3 is 5.97 Å². The van der Waals surface area contributed by atoms with Crippen LogP contribution in [-0.2, 0) is 21.3 Å². The van der Waals surface area contributed by atoms with Gasteiger partial charge in [-0.05, 0) is 43.7 Å². The van der Waals surface area contributed by atoms with E-state index in [1.54, 1.807) is 4.68 Å². The molecule has 0 bridgehead atoms. The van der Waals surface area contributed by atoms with Gasteiger partial charge in [-0.3, -0.25) is 9.48 Å². The van der Waals surface area contributed by atoms with Crippen LogP contribution in [0.15, 0.2) is 24.7 Å². The Morgan fingerprint density at radius 2 is 1.60 bits per heavy atom. The van der Waals surface area contributed by atoms with Crippen molar-refractivity contribution in [1.29, 1.82) is 0 Å². The number of carbonyl (C=O) groups is 1. The molecule has 0 spiro atoms. The molecule has 0 saturated heterocycles. The maximum atomic E-state index is 11.3. The van der Waals surface area contributed by atoms with Gasteiger partial charge < -0.3 is 19.5 Å². The van der Waals surface area contributed by atoms with Crippen molar-refractivity contribution in [2.45, 2.75) is 89.4 Å². The van der Waals surface area contributed by atoms with Gasteiger partial charge in [-0.2, -0.15) is 14.7 Å². The van der Waals surface area contributed by atoms with E-state index in [4.69, 9.17) is 19.6 Å². The van der Waals surface area contributed by atoms with Crippen molar-refractivity contribution in [1.82, 2.24) is 24.4 Å². The summed E-state index contributed by atoms with van der Waals surface area (Å²) < 4.78 is 16.2. The van der Waals surface area contributed by atoms with Crippen LogP contribution in [0.5, 0.6) is 0 Å². The average molecular weight is 615 g/mol. The average Bonchev–Trinajstić information content (AvgIpc) is 3.52. The first-order valence-electron chi connectivity index (χ1n) is 15.3. The summed E-state index contributed by atoms with van der Waals surface area (Å²) in [6.45, 7) is 16.4. The third kappa shape index (κ3) is 9.22. The molecular weight excluding hydrogens is 565 g/mol. The van der Waals surface area contributed by atoms with E-state index in [1.165, 1.54) is 0 Å². The maximum absolute atomic E-state index is 11.3. The molecule has 0 atom stereocenters. The van der Waals surface area contributed by atoms with Crippen LogP contribution in [0.3, 0.4) is 0 Å². The van der Waals surface area contributed by atoms with E-state index in [-0.39, 0.29) is 18.3 Å². The molecule has 10 nitrogen and oxygen atoms in total. The van der Waals surface area contributed by atoms with Gasteiger partial charge in [-0.25, -0.2) is 4.98 Å². The van der Waals surface area contributed by atoms with Gasteiger partial charge in [0.05, 0.1) is 12.4 Å². The highest BCUT2D eigenvalue weighted by molar-refractivity contribution is 6.76. The van der Waals surface area contributed by atoms with E-state index in [0.717, 1.165) is 79.3 Å². The zero-order chi connectivity index (χ0) is 30.5. The summed E-state index contributed by atoms with van der Waals surface area (Å²) in [5.41, 5.74) is 3.71. The summed E-state index contributed by atoms with van der Waals surface area (Å²) in [6.07, 6.45) is 9.60. The van der Waals surface area contributed by atoms with Crippen LogP contribution in [0, 0.1) is 5.92 Å². The zero-order valence-electron chi connectivity index (χ0n) is 26.6. The van der Waals surface area contributed by atoms with Gasteiger partial charge in [0, 0.05) is 77.8 Å². The van der Waals surface area contributed by atoms with Gasteiger partial charge in [0.15, 0.2) is 5.65 Å². The Labute approximate surface area is 252 Å². The quantitative estimate of drug-likeness (QED) is 0.121. The molecule has 1 aliphatic carbocycles. The van der Waals surface area contributed by atoms with Gasteiger partial charge in [0.1, 0.15) is 19.3 Å². The van der Waals surface area contributed by atoms with E-state index in [9.17, 15) is 9.90 Å². The minimum absolute atomic E-state index is 0.235. The number of carboxylic acids is 1. The van der Waals surface area contributed by atoms with E-state index >= 15 is 0 Å². The molecule has 4 rings (SSSR count). The Bertz CT molecular complexity index is 1300. The van der Waals surface area contributed by atoms with Gasteiger partial charge in [0.2, 0.25) is 0 Å². The molecule has 42 heavy (non-hydrogen) atoms. The molecule has 1 fully saturated rings. The fourth-order valence-electron chi connectivity index (χ4n) is 5.35. The van der Waals surface area contributed by atoms with Crippen molar-refractivity contribution in [3.8, 4) is 11.1 Å². The van der Waals surface area contributed by atoms with Crippen LogP contribution < -0.4 is 4.90 Å². The summed E-state index contributed by atoms with van der Waals surface area (Å²) >= 11 is 0. The topological polar surface area (TPSA) is 107 Å². The van der Waals surface area contributed by atoms with Crippen LogP contribution in [-0.4, -0.2) is 78.3 Å². The van der Waals surface area contributed by atoms with E-state index < -0.39 is 22.1 Å². The van der Waals surface area contributed by atoms with Crippen molar-refractivity contribution >= 4 is 33.6 Å². The number of nitrogens with zero attached hydrogens (tertiary/aromatic N) is 6. The van der Waals surface area contributed by atoms with Gasteiger partial charge in [-0.15, -0.1) is 0 Å². The summed E-state index contributed by atoms with van der Waals surface area (Å²) in [5, 5.41) is 18.5. The van der Waals surface area contributed by atoms with Crippen molar-refractivity contribution in [2.75, 3.05) is 31.6 Å². The number of aryl methyl sites for hydroxylation is 1. The highest BCUT2D eigenvalue weighted by atomic mass is 28.3. The largest absolute Gasteiger partial charge is 0.481 e. The predicted molar refractivity (Wildman–Crippen MR) is 173 cm³/mol. The Morgan fingerprint density at radius 3 is 2.12 bits per heavy atom. The Hall–Kier alpha value is -2.55. The third-order valence-electron chi connectivity index (χ3n) is 8.03. The van der Waals surface area contributed by atoms with Crippen LogP contribution in [0.4, 0.5) is 5.82 Å². The number of hydrogen-bond acceptors (Lipinski definition) is 7. The Balaban J connectivity index is 1.67. The Morgan fingerprint density at radius 1 is 0.976 bits per heavy atom. The van der Waals surface area contributed by atoms with Crippen LogP contribution in [0.25, 0.3) is 16.8 Å². The highest BCUT2D eigenvalue weighted by Crippen LogP contribution is 2.38. The number of fused-ring (bicyclic) bond motifs is 1. The van der Waals surface area contributed by atoms with E-state index in [0.29, 0.717) is 13.5 Å². The fraction of sp³-hybridized carbons (Fsp3) is 0.667. The summed E-state index contributed by atoms with van der Waals surface area (Å²) in [7, 11) is -0.544. The van der Waals surface area contributed by atoms with E-state index in [1.807, 2.05) is 30.2 Å². The number of carboxylic acid groups (broad SMARTS) is 1. The molecule has 0 unspecified atom stereocenters. The Kier molecular flexibility index (Phi) is 10.7. The first-order valence-corrected chi connectivity index (χ1v) is 22.7. The molecule has 1 aliphatic rings. The van der Waals surface area contributed by atoms with Crippen molar-refractivity contribution < 1.29 is 19.4 Å². The standard InChI is InChI=1S/C30H50N6O4Si2/c1-34-20-25(18-31-34)26-19-32-36-28(17-27(33-30(26)36)24-10-8-23(9-11-24)16-29(37)38)35(21-39-12-14-41(2,3)4)22-40-13-15-42(5,6)7/h17-20,23-24H,8-16,21-22H2,1-7H3,(H,37,38). The van der Waals surface area contributed by atoms with Crippen LogP contribution in [0.1, 0.15) is 43.7 Å². The number of hydrogen-bond donors (Lipinski definition) is 1. The molecule has 0 aliphatic heterocycles. The monoisotopic (exact) mass is 614 g/mol. The number of aliphatic carboxylic acids is 1. The van der Waals surface area contributed by atoms with Gasteiger partial charge in [-0.1, -0.05) is 39.3 Å². The van der Waals surface area contributed by atoms with Crippen molar-refractivity contribution in [2.24, 2.45) is 13.0 Å². The lowest BCUT2D eigenvalue weighted by Gasteiger charge is -2.30. The lowest BCUT2D eigenvalue weighted by Crippen LogP contribution is -2.33. The molecule has 3 aromatic rings. The molecule has 0 radical (unpaired) electrons. The smallest absolute Gasteiger partial charge is 0.303 e. The minimum atomic E-state index is -1.23. The maximum Gasteiger partial charge on any atom is 0.303 e. The first-order chi connectivity index (χ1) is 19.8. The molecule has 232 valence electrons. The number of aromatic nitrogens is 5. The second-order valence-corrected chi connectivity index (χ2v) is 25.5. The lowest BCUT2D eigenvalue weighted by molar-refractivity contribution is -0.138. The molecule has 0 aromatic carbocycles. The highest BCUT2D eigenvalue weighted by Gasteiger charge is 2.27. The predicted octanol–water partition coefficient (Wildman–Crippen LogP) is 6.31. The van der Waals surface area contributed by atoms with Gasteiger partial charge in [0.25, 0.3) is 0 Å². The molecular formula is C30H50N6O4Si2. The lowest BCUT2D eigenvalue weighted by atomic mass is 9.79. The molecule has 12 heteroatoms. The number of ether oxygens (including phenoxy) is 2. The molecule has 1 N–H and O–H groups in total. The van der Waals surface area contributed by atoms with Crippen LogP contribution >= 0.6 is 0 Å². The number of anilines is 1. The van der Waals surface area contributed by atoms with Crippen molar-refractivity contribution in [3.05, 3.63) is 30.4 Å². The van der Waals surface area contributed by atoms with E-state index in [2.05, 4.69) is 55.3 Å². The summed E-state index contributed by atoms with van der Waals surface area (Å²) in [4.78, 5) is 18.6. The zero-order valence-corrected chi connectivity index (χ0v) is 28.6. The van der Waals surface area contributed by atoms with Crippen molar-refractivity contribution in [3.63, 3.8) is 0 Å². The molecule has 3 heterocycles. The first kappa shape index (κ1) is 32.4. The second kappa shape index (κ2) is 13.8. The molecule has 1 saturated carbocycles. The fourth-order valence-corrected chi connectivity index (χ4v) is 6.86. The minimum Gasteiger partial charge on any atom is -0.481 e.